The summed E-state index contributed by atoms with van der Waals surface area (Å²) in [5, 5.41) is 12.5. The lowest BCUT2D eigenvalue weighted by atomic mass is 10.1. The van der Waals surface area contributed by atoms with Crippen molar-refractivity contribution in [2.75, 3.05) is 13.2 Å². The molecule has 0 aliphatic heterocycles. The van der Waals surface area contributed by atoms with Gasteiger partial charge in [0.1, 0.15) is 18.0 Å². The minimum atomic E-state index is -0.873. The summed E-state index contributed by atoms with van der Waals surface area (Å²) in [6, 6.07) is 19.7. The van der Waals surface area contributed by atoms with Crippen LogP contribution in [0.5, 0.6) is 11.5 Å². The van der Waals surface area contributed by atoms with Crippen molar-refractivity contribution >= 4 is 49.3 Å². The zero-order valence-electron chi connectivity index (χ0n) is 17.6. The van der Waals surface area contributed by atoms with E-state index >= 15 is 0 Å². The van der Waals surface area contributed by atoms with Gasteiger partial charge in [0.15, 0.2) is 0 Å². The normalized spacial score (nSPS) is 11.4. The SMILES string of the molecule is Cc1nc2cc(OCCCOc3ccc4c5ccccc5n(CC(=O)O)c4c3)ccc2s1. The number of aliphatic carboxylic acids is 1. The van der Waals surface area contributed by atoms with Gasteiger partial charge in [0.2, 0.25) is 0 Å². The summed E-state index contributed by atoms with van der Waals surface area (Å²) in [6.07, 6.45) is 0.726. The molecule has 0 radical (unpaired) electrons. The molecule has 5 rings (SSSR count). The Hall–Kier alpha value is -3.58. The molecule has 0 saturated carbocycles. The molecule has 2 heterocycles. The second-order valence-electron chi connectivity index (χ2n) is 7.59. The van der Waals surface area contributed by atoms with E-state index in [0.29, 0.717) is 19.0 Å². The maximum atomic E-state index is 11.4. The van der Waals surface area contributed by atoms with Crippen LogP contribution in [0.15, 0.2) is 60.7 Å². The molecule has 162 valence electrons. The smallest absolute Gasteiger partial charge is 0.323 e. The fourth-order valence-corrected chi connectivity index (χ4v) is 4.78. The molecular formula is C25H22N2O4S. The van der Waals surface area contributed by atoms with E-state index in [1.165, 1.54) is 0 Å². The highest BCUT2D eigenvalue weighted by Crippen LogP contribution is 2.31. The third-order valence-electron chi connectivity index (χ3n) is 5.33. The predicted molar refractivity (Wildman–Crippen MR) is 127 cm³/mol. The summed E-state index contributed by atoms with van der Waals surface area (Å²) in [7, 11) is 0. The monoisotopic (exact) mass is 446 g/mol. The minimum Gasteiger partial charge on any atom is -0.493 e. The number of para-hydroxylation sites is 1. The highest BCUT2D eigenvalue weighted by atomic mass is 32.1. The second-order valence-corrected chi connectivity index (χ2v) is 8.82. The molecule has 0 amide bonds. The van der Waals surface area contributed by atoms with Gasteiger partial charge in [0, 0.05) is 34.8 Å². The molecule has 7 heteroatoms. The standard InChI is InChI=1S/C25H22N2O4S/c1-16-26-21-13-17(8-10-24(21)32-16)30-11-4-12-31-18-7-9-20-19-5-2-3-6-22(19)27(15-25(28)29)23(20)14-18/h2-3,5-10,13-14H,4,11-12,15H2,1H3,(H,28,29). The van der Waals surface area contributed by atoms with Crippen LogP contribution in [0.3, 0.4) is 0 Å². The highest BCUT2D eigenvalue weighted by Gasteiger charge is 2.13. The number of rotatable bonds is 8. The largest absolute Gasteiger partial charge is 0.493 e. The van der Waals surface area contributed by atoms with Crippen LogP contribution >= 0.6 is 11.3 Å². The lowest BCUT2D eigenvalue weighted by molar-refractivity contribution is -0.137. The number of ether oxygens (including phenoxy) is 2. The molecule has 0 spiro atoms. The lowest BCUT2D eigenvalue weighted by Gasteiger charge is -2.09. The van der Waals surface area contributed by atoms with E-state index in [1.807, 2.05) is 72.2 Å². The van der Waals surface area contributed by atoms with Gasteiger partial charge in [-0.2, -0.15) is 0 Å². The van der Waals surface area contributed by atoms with E-state index in [0.717, 1.165) is 49.2 Å². The number of carboxylic acid groups (broad SMARTS) is 1. The Balaban J connectivity index is 1.25. The molecule has 32 heavy (non-hydrogen) atoms. The van der Waals surface area contributed by atoms with E-state index in [2.05, 4.69) is 4.98 Å². The number of carboxylic acids is 1. The number of nitrogens with zero attached hydrogens (tertiary/aromatic N) is 2. The number of hydrogen-bond acceptors (Lipinski definition) is 5. The molecule has 2 aromatic heterocycles. The third kappa shape index (κ3) is 3.99. The summed E-state index contributed by atoms with van der Waals surface area (Å²) >= 11 is 1.68. The number of aromatic nitrogens is 2. The van der Waals surface area contributed by atoms with Gasteiger partial charge in [0.25, 0.3) is 0 Å². The molecule has 0 bridgehead atoms. The van der Waals surface area contributed by atoms with Gasteiger partial charge in [-0.1, -0.05) is 18.2 Å². The zero-order valence-corrected chi connectivity index (χ0v) is 18.4. The second kappa shape index (κ2) is 8.51. The number of aryl methyl sites for hydroxylation is 1. The molecule has 0 atom stereocenters. The molecule has 5 aromatic rings. The Morgan fingerprint density at radius 3 is 2.50 bits per heavy atom. The lowest BCUT2D eigenvalue weighted by Crippen LogP contribution is -2.08. The van der Waals surface area contributed by atoms with Gasteiger partial charge < -0.3 is 19.1 Å². The van der Waals surface area contributed by atoms with E-state index in [9.17, 15) is 9.90 Å². The van der Waals surface area contributed by atoms with Crippen LogP contribution in [-0.4, -0.2) is 33.8 Å². The quantitative estimate of drug-likeness (QED) is 0.312. The molecule has 3 aromatic carbocycles. The van der Waals surface area contributed by atoms with Crippen LogP contribution < -0.4 is 9.47 Å². The van der Waals surface area contributed by atoms with Crippen molar-refractivity contribution in [3.05, 3.63) is 65.7 Å². The van der Waals surface area contributed by atoms with Gasteiger partial charge >= 0.3 is 5.97 Å². The van der Waals surface area contributed by atoms with Crippen molar-refractivity contribution in [1.82, 2.24) is 9.55 Å². The molecule has 0 saturated heterocycles. The van der Waals surface area contributed by atoms with Crippen molar-refractivity contribution in [2.24, 2.45) is 0 Å². The zero-order chi connectivity index (χ0) is 22.1. The minimum absolute atomic E-state index is 0.0931. The van der Waals surface area contributed by atoms with Gasteiger partial charge in [-0.3, -0.25) is 4.79 Å². The van der Waals surface area contributed by atoms with Gasteiger partial charge in [0.05, 0.1) is 34.0 Å². The predicted octanol–water partition coefficient (Wildman–Crippen LogP) is 5.65. The first-order chi connectivity index (χ1) is 15.6. The molecule has 0 aliphatic rings. The van der Waals surface area contributed by atoms with Crippen molar-refractivity contribution in [2.45, 2.75) is 19.9 Å². The number of hydrogen-bond donors (Lipinski definition) is 1. The number of benzene rings is 3. The van der Waals surface area contributed by atoms with E-state index in [1.54, 1.807) is 11.3 Å². The summed E-state index contributed by atoms with van der Waals surface area (Å²) in [4.78, 5) is 15.9. The topological polar surface area (TPSA) is 73.6 Å². The Labute approximate surface area is 188 Å². The molecule has 0 fully saturated rings. The van der Waals surface area contributed by atoms with Crippen LogP contribution in [0.4, 0.5) is 0 Å². The van der Waals surface area contributed by atoms with Gasteiger partial charge in [-0.15, -0.1) is 11.3 Å². The maximum absolute atomic E-state index is 11.4. The summed E-state index contributed by atoms with van der Waals surface area (Å²) in [5.74, 6) is 0.649. The van der Waals surface area contributed by atoms with Crippen LogP contribution in [0, 0.1) is 6.92 Å². The average Bonchev–Trinajstić information content (AvgIpc) is 3.30. The van der Waals surface area contributed by atoms with Crippen LogP contribution in [-0.2, 0) is 11.3 Å². The average molecular weight is 447 g/mol. The fourth-order valence-electron chi connectivity index (χ4n) is 3.98. The Bertz CT molecular complexity index is 1440. The molecule has 0 unspecified atom stereocenters. The Kier molecular flexibility index (Phi) is 5.41. The fraction of sp³-hybridized carbons (Fsp3) is 0.200. The number of carbonyl (C=O) groups is 1. The van der Waals surface area contributed by atoms with Crippen LogP contribution in [0.25, 0.3) is 32.0 Å². The van der Waals surface area contributed by atoms with E-state index in [-0.39, 0.29) is 6.54 Å². The van der Waals surface area contributed by atoms with Crippen LogP contribution in [0.2, 0.25) is 0 Å². The highest BCUT2D eigenvalue weighted by molar-refractivity contribution is 7.18. The molecule has 1 N–H and O–H groups in total. The van der Waals surface area contributed by atoms with Crippen molar-refractivity contribution in [1.29, 1.82) is 0 Å². The third-order valence-corrected chi connectivity index (χ3v) is 6.28. The molecular weight excluding hydrogens is 424 g/mol. The Morgan fingerprint density at radius 1 is 0.969 bits per heavy atom. The first kappa shape index (κ1) is 20.3. The number of fused-ring (bicyclic) bond motifs is 4. The Morgan fingerprint density at radius 2 is 1.69 bits per heavy atom. The molecule has 6 nitrogen and oxygen atoms in total. The van der Waals surface area contributed by atoms with Crippen molar-refractivity contribution in [3.63, 3.8) is 0 Å². The first-order valence-electron chi connectivity index (χ1n) is 10.4. The molecule has 0 aliphatic carbocycles. The summed E-state index contributed by atoms with van der Waals surface area (Å²) < 4.78 is 14.8. The van der Waals surface area contributed by atoms with Gasteiger partial charge in [-0.05, 0) is 37.3 Å². The summed E-state index contributed by atoms with van der Waals surface area (Å²) in [5.41, 5.74) is 2.73. The van der Waals surface area contributed by atoms with Crippen molar-refractivity contribution in [3.8, 4) is 11.5 Å². The van der Waals surface area contributed by atoms with E-state index < -0.39 is 5.97 Å². The van der Waals surface area contributed by atoms with Crippen LogP contribution in [0.1, 0.15) is 11.4 Å². The van der Waals surface area contributed by atoms with E-state index in [4.69, 9.17) is 9.47 Å². The number of thiazole rings is 1. The first-order valence-corrected chi connectivity index (χ1v) is 11.3. The maximum Gasteiger partial charge on any atom is 0.323 e. The van der Waals surface area contributed by atoms with Crippen molar-refractivity contribution < 1.29 is 19.4 Å². The van der Waals surface area contributed by atoms with Gasteiger partial charge in [-0.25, -0.2) is 4.98 Å². The summed E-state index contributed by atoms with van der Waals surface area (Å²) in [6.45, 7) is 2.95.